The molecule has 2 aliphatic rings. The lowest BCUT2D eigenvalue weighted by atomic mass is 9.94. The zero-order valence-electron chi connectivity index (χ0n) is 20.9. The topological polar surface area (TPSA) is 82.2 Å². The van der Waals surface area contributed by atoms with Gasteiger partial charge in [0.15, 0.2) is 0 Å². The largest absolute Gasteiger partial charge is 0.463 e. The number of hydrogen-bond donors (Lipinski definition) is 1. The molecule has 1 N–H and O–H groups in total. The lowest BCUT2D eigenvalue weighted by Gasteiger charge is -2.40. The van der Waals surface area contributed by atoms with E-state index in [0.29, 0.717) is 49.5 Å². The fourth-order valence-corrected chi connectivity index (χ4v) is 4.69. The van der Waals surface area contributed by atoms with E-state index >= 15 is 0 Å². The molecule has 1 saturated heterocycles. The number of nitrogens with zero attached hydrogens (tertiary/aromatic N) is 3. The Bertz CT molecular complexity index is 1190. The van der Waals surface area contributed by atoms with Crippen molar-refractivity contribution in [3.05, 3.63) is 82.6 Å². The van der Waals surface area contributed by atoms with Gasteiger partial charge in [-0.2, -0.15) is 0 Å². The van der Waals surface area contributed by atoms with Crippen molar-refractivity contribution in [1.29, 1.82) is 0 Å². The van der Waals surface area contributed by atoms with Crippen LogP contribution in [0.25, 0.3) is 0 Å². The van der Waals surface area contributed by atoms with Crippen LogP contribution in [0.5, 0.6) is 0 Å². The van der Waals surface area contributed by atoms with E-state index in [2.05, 4.69) is 10.2 Å². The van der Waals surface area contributed by atoms with Crippen LogP contribution in [0.15, 0.2) is 59.8 Å². The van der Waals surface area contributed by atoms with Crippen molar-refractivity contribution in [3.63, 3.8) is 0 Å². The Kier molecular flexibility index (Phi) is 8.17. The second kappa shape index (κ2) is 11.5. The molecule has 2 aliphatic heterocycles. The van der Waals surface area contributed by atoms with Gasteiger partial charge in [0.25, 0.3) is 5.91 Å². The summed E-state index contributed by atoms with van der Waals surface area (Å²) in [7, 11) is 0. The van der Waals surface area contributed by atoms with Gasteiger partial charge in [0.2, 0.25) is 0 Å². The average molecular weight is 513 g/mol. The number of urea groups is 1. The summed E-state index contributed by atoms with van der Waals surface area (Å²) in [5.74, 6) is -1.63. The molecule has 0 unspecified atom stereocenters. The molecule has 8 nitrogen and oxygen atoms in total. The summed E-state index contributed by atoms with van der Waals surface area (Å²) in [6.07, 6.45) is 0. The number of likely N-dealkylation sites (N-methyl/N-ethyl adjacent to an activating group) is 1. The van der Waals surface area contributed by atoms with Crippen LogP contribution >= 0.6 is 0 Å². The zero-order chi connectivity index (χ0) is 26.5. The summed E-state index contributed by atoms with van der Waals surface area (Å²) in [4.78, 5) is 44.3. The number of hydrogen-bond acceptors (Lipinski definition) is 5. The second-order valence-electron chi connectivity index (χ2n) is 8.84. The van der Waals surface area contributed by atoms with Crippen LogP contribution in [-0.4, -0.2) is 78.5 Å². The maximum absolute atomic E-state index is 14.0. The Hall–Kier alpha value is -3.79. The van der Waals surface area contributed by atoms with E-state index in [1.807, 2.05) is 6.92 Å². The molecule has 2 aromatic rings. The van der Waals surface area contributed by atoms with Gasteiger partial charge in [0, 0.05) is 50.5 Å². The minimum Gasteiger partial charge on any atom is -0.463 e. The molecule has 0 aliphatic carbocycles. The van der Waals surface area contributed by atoms with E-state index in [0.717, 1.165) is 0 Å². The number of carbonyl (C=O) groups is 3. The third-order valence-electron chi connectivity index (χ3n) is 6.56. The number of piperazine rings is 1. The smallest absolute Gasteiger partial charge is 0.338 e. The van der Waals surface area contributed by atoms with E-state index in [-0.39, 0.29) is 30.7 Å². The summed E-state index contributed by atoms with van der Waals surface area (Å²) < 4.78 is 32.6. The molecule has 0 aromatic heterocycles. The second-order valence-corrected chi connectivity index (χ2v) is 8.84. The highest BCUT2D eigenvalue weighted by Gasteiger charge is 2.38. The summed E-state index contributed by atoms with van der Waals surface area (Å²) in [6, 6.07) is 9.99. The van der Waals surface area contributed by atoms with Crippen LogP contribution in [0.1, 0.15) is 35.8 Å². The minimum atomic E-state index is -0.860. The fourth-order valence-electron chi connectivity index (χ4n) is 4.69. The van der Waals surface area contributed by atoms with Gasteiger partial charge >= 0.3 is 12.0 Å². The summed E-state index contributed by atoms with van der Waals surface area (Å²) in [5, 5.41) is 2.83. The zero-order valence-corrected chi connectivity index (χ0v) is 20.9. The number of rotatable bonds is 7. The van der Waals surface area contributed by atoms with Crippen molar-refractivity contribution in [1.82, 2.24) is 20.0 Å². The quantitative estimate of drug-likeness (QED) is 0.576. The van der Waals surface area contributed by atoms with Gasteiger partial charge in [-0.15, -0.1) is 0 Å². The Morgan fingerprint density at radius 3 is 2.32 bits per heavy atom. The van der Waals surface area contributed by atoms with E-state index in [1.54, 1.807) is 17.9 Å². The number of nitrogens with one attached hydrogen (secondary N) is 1. The lowest BCUT2D eigenvalue weighted by Crippen LogP contribution is -2.53. The molecular formula is C27H30F2N4O4. The Balaban J connectivity index is 1.59. The highest BCUT2D eigenvalue weighted by Crippen LogP contribution is 2.32. The fraction of sp³-hybridized carbons (Fsp3) is 0.370. The van der Waals surface area contributed by atoms with Crippen molar-refractivity contribution in [2.45, 2.75) is 19.9 Å². The highest BCUT2D eigenvalue weighted by atomic mass is 19.1. The van der Waals surface area contributed by atoms with Gasteiger partial charge in [0.1, 0.15) is 11.6 Å². The Labute approximate surface area is 214 Å². The number of carbonyl (C=O) groups excluding carboxylic acids is 3. The van der Waals surface area contributed by atoms with E-state index < -0.39 is 23.6 Å². The van der Waals surface area contributed by atoms with Gasteiger partial charge in [-0.05, 0) is 55.8 Å². The van der Waals surface area contributed by atoms with Crippen molar-refractivity contribution in [2.24, 2.45) is 0 Å². The van der Waals surface area contributed by atoms with Gasteiger partial charge in [0.05, 0.1) is 18.2 Å². The number of benzene rings is 2. The maximum Gasteiger partial charge on any atom is 0.338 e. The first kappa shape index (κ1) is 26.3. The molecule has 2 heterocycles. The number of amides is 3. The van der Waals surface area contributed by atoms with Crippen molar-refractivity contribution >= 4 is 17.9 Å². The molecule has 0 bridgehead atoms. The highest BCUT2D eigenvalue weighted by molar-refractivity contribution is 5.95. The van der Waals surface area contributed by atoms with E-state index in [1.165, 1.54) is 47.4 Å². The monoisotopic (exact) mass is 512 g/mol. The molecule has 0 spiro atoms. The standard InChI is InChI=1S/C27H30F2N4O4/c1-3-33-22(17-31-12-14-32(15-13-31)25(34)18-8-10-20(28)11-9-18)23(26(35)37-4-2)24(30-27(33)36)19-6-5-7-21(29)16-19/h5-11,16,24H,3-4,12-15,17H2,1-2H3,(H,30,36)/t24-/m0/s1. The first-order valence-corrected chi connectivity index (χ1v) is 12.3. The van der Waals surface area contributed by atoms with Crippen LogP contribution in [0, 0.1) is 11.6 Å². The van der Waals surface area contributed by atoms with Crippen LogP contribution < -0.4 is 5.32 Å². The van der Waals surface area contributed by atoms with E-state index in [9.17, 15) is 23.2 Å². The van der Waals surface area contributed by atoms with Crippen LogP contribution in [0.2, 0.25) is 0 Å². The minimum absolute atomic E-state index is 0.149. The van der Waals surface area contributed by atoms with Gasteiger partial charge in [-0.1, -0.05) is 12.1 Å². The third-order valence-corrected chi connectivity index (χ3v) is 6.56. The van der Waals surface area contributed by atoms with Crippen LogP contribution in [0.3, 0.4) is 0 Å². The third kappa shape index (κ3) is 5.80. The molecule has 0 saturated carbocycles. The van der Waals surface area contributed by atoms with Gasteiger partial charge in [-0.3, -0.25) is 14.6 Å². The summed E-state index contributed by atoms with van der Waals surface area (Å²) in [6.45, 7) is 6.15. The Morgan fingerprint density at radius 2 is 1.70 bits per heavy atom. The van der Waals surface area contributed by atoms with Crippen molar-refractivity contribution in [2.75, 3.05) is 45.9 Å². The molecule has 10 heteroatoms. The molecule has 196 valence electrons. The number of ether oxygens (including phenoxy) is 1. The van der Waals surface area contributed by atoms with Crippen LogP contribution in [0.4, 0.5) is 13.6 Å². The van der Waals surface area contributed by atoms with Crippen molar-refractivity contribution < 1.29 is 27.9 Å². The summed E-state index contributed by atoms with van der Waals surface area (Å²) in [5.41, 5.74) is 1.62. The lowest BCUT2D eigenvalue weighted by molar-refractivity contribution is -0.139. The first-order valence-electron chi connectivity index (χ1n) is 12.3. The molecule has 37 heavy (non-hydrogen) atoms. The summed E-state index contributed by atoms with van der Waals surface area (Å²) >= 11 is 0. The molecule has 0 radical (unpaired) electrons. The van der Waals surface area contributed by atoms with Gasteiger partial charge in [-0.25, -0.2) is 18.4 Å². The normalized spacial score (nSPS) is 18.6. The SMILES string of the molecule is CCOC(=O)C1=C(CN2CCN(C(=O)c3ccc(F)cc3)CC2)N(CC)C(=O)N[C@H]1c1cccc(F)c1. The predicted molar refractivity (Wildman–Crippen MR) is 132 cm³/mol. The molecular weight excluding hydrogens is 482 g/mol. The van der Waals surface area contributed by atoms with Crippen LogP contribution in [-0.2, 0) is 9.53 Å². The molecule has 1 atom stereocenters. The number of esters is 1. The molecule has 4 rings (SSSR count). The Morgan fingerprint density at radius 1 is 1.00 bits per heavy atom. The van der Waals surface area contributed by atoms with Gasteiger partial charge < -0.3 is 15.0 Å². The van der Waals surface area contributed by atoms with E-state index in [4.69, 9.17) is 4.74 Å². The average Bonchev–Trinajstić information content (AvgIpc) is 2.89. The maximum atomic E-state index is 14.0. The first-order chi connectivity index (χ1) is 17.8. The predicted octanol–water partition coefficient (Wildman–Crippen LogP) is 3.33. The molecule has 2 aromatic carbocycles. The van der Waals surface area contributed by atoms with Crippen molar-refractivity contribution in [3.8, 4) is 0 Å². The molecule has 3 amide bonds. The number of halogens is 2. The molecule has 1 fully saturated rings.